The minimum atomic E-state index is -0.460. The summed E-state index contributed by atoms with van der Waals surface area (Å²) in [6.45, 7) is 10.9. The van der Waals surface area contributed by atoms with Gasteiger partial charge in [-0.3, -0.25) is 9.59 Å². The van der Waals surface area contributed by atoms with Gasteiger partial charge in [0.2, 0.25) is 11.8 Å². The minimum absolute atomic E-state index is 0.0357. The number of hydrogen-bond acceptors (Lipinski definition) is 14. The molecule has 0 saturated carbocycles. The zero-order chi connectivity index (χ0) is 52.7. The van der Waals surface area contributed by atoms with E-state index in [0.717, 1.165) is 59.1 Å². The lowest BCUT2D eigenvalue weighted by atomic mass is 10.1. The van der Waals surface area contributed by atoms with Gasteiger partial charge >= 0.3 is 11.9 Å². The molecule has 2 amide bonds. The predicted molar refractivity (Wildman–Crippen MR) is 292 cm³/mol. The van der Waals surface area contributed by atoms with Crippen molar-refractivity contribution in [3.8, 4) is 11.8 Å². The van der Waals surface area contributed by atoms with E-state index in [2.05, 4.69) is 19.6 Å². The highest BCUT2D eigenvalue weighted by Gasteiger charge is 2.33. The van der Waals surface area contributed by atoms with Crippen molar-refractivity contribution in [3.63, 3.8) is 0 Å². The van der Waals surface area contributed by atoms with E-state index in [-0.39, 0.29) is 36.8 Å². The molecule has 0 radical (unpaired) electrons. The van der Waals surface area contributed by atoms with Crippen LogP contribution in [0.3, 0.4) is 0 Å². The predicted octanol–water partition coefficient (Wildman–Crippen LogP) is 8.72. The van der Waals surface area contributed by atoms with Crippen LogP contribution in [0.5, 0.6) is 11.8 Å². The number of amides is 2. The molecule has 2 aliphatic rings. The van der Waals surface area contributed by atoms with E-state index in [1.807, 2.05) is 86.5 Å². The fourth-order valence-electron chi connectivity index (χ4n) is 8.90. The monoisotopic (exact) mass is 1050 g/mol. The van der Waals surface area contributed by atoms with Gasteiger partial charge in [0.25, 0.3) is 11.8 Å². The van der Waals surface area contributed by atoms with E-state index in [9.17, 15) is 19.2 Å². The highest BCUT2D eigenvalue weighted by molar-refractivity contribution is 6.31. The highest BCUT2D eigenvalue weighted by Crippen LogP contribution is 2.39. The summed E-state index contributed by atoms with van der Waals surface area (Å²) in [4.78, 5) is 74.0. The Labute approximate surface area is 443 Å². The molecule has 4 aromatic carbocycles. The quantitative estimate of drug-likeness (QED) is 0.0596. The molecule has 0 N–H and O–H groups in total. The number of anilines is 2. The van der Waals surface area contributed by atoms with Gasteiger partial charge in [0.05, 0.1) is 48.8 Å². The molecule has 0 atom stereocenters. The van der Waals surface area contributed by atoms with Gasteiger partial charge in [-0.25, -0.2) is 19.6 Å². The van der Waals surface area contributed by atoms with Crippen LogP contribution in [0.25, 0.3) is 21.8 Å². The van der Waals surface area contributed by atoms with Gasteiger partial charge in [0.15, 0.2) is 0 Å². The van der Waals surface area contributed by atoms with Crippen LogP contribution in [0, 0.1) is 0 Å². The third-order valence-corrected chi connectivity index (χ3v) is 13.1. The third kappa shape index (κ3) is 13.9. The molecular formula is C56H66Cl2N8O8. The van der Waals surface area contributed by atoms with Crippen LogP contribution in [0.1, 0.15) is 68.1 Å². The highest BCUT2D eigenvalue weighted by atomic mass is 35.5. The Morgan fingerprint density at radius 3 is 1.20 bits per heavy atom. The number of halogens is 2. The standard InChI is InChI=1S/2C28H33ClN4O4/c2*1-4-36-28(35)24-25(22-8-5-6-9-23(22)30-26(24)37-19-7-14-31(2)3)32-15-17-33(18-16-32)27(34)20-10-12-21(29)13-11-20/h2*5-6,8-13H,4,7,14-19H2,1-3H3. The summed E-state index contributed by atoms with van der Waals surface area (Å²) in [6.07, 6.45) is 1.59. The molecule has 4 heterocycles. The van der Waals surface area contributed by atoms with E-state index in [4.69, 9.17) is 52.1 Å². The molecule has 2 aromatic heterocycles. The van der Waals surface area contributed by atoms with Crippen LogP contribution in [-0.2, 0) is 9.47 Å². The Kier molecular flexibility index (Phi) is 19.7. The average Bonchev–Trinajstić information content (AvgIpc) is 3.40. The Hall–Kier alpha value is -6.72. The summed E-state index contributed by atoms with van der Waals surface area (Å²) < 4.78 is 23.1. The van der Waals surface area contributed by atoms with E-state index < -0.39 is 11.9 Å². The van der Waals surface area contributed by atoms with Gasteiger partial charge < -0.3 is 48.3 Å². The van der Waals surface area contributed by atoms with Crippen molar-refractivity contribution in [3.05, 3.63) is 129 Å². The molecule has 6 aromatic rings. The first kappa shape index (κ1) is 55.0. The lowest BCUT2D eigenvalue weighted by Crippen LogP contribution is -2.49. The number of benzene rings is 4. The smallest absolute Gasteiger partial charge is 0.345 e. The maximum Gasteiger partial charge on any atom is 0.345 e. The van der Waals surface area contributed by atoms with Gasteiger partial charge in [-0.2, -0.15) is 0 Å². The second-order valence-electron chi connectivity index (χ2n) is 18.3. The van der Waals surface area contributed by atoms with E-state index in [1.54, 1.807) is 62.4 Å². The molecule has 0 spiro atoms. The molecular weight excluding hydrogens is 984 g/mol. The Morgan fingerprint density at radius 2 is 0.865 bits per heavy atom. The molecule has 2 saturated heterocycles. The number of para-hydroxylation sites is 2. The van der Waals surface area contributed by atoms with Gasteiger partial charge in [0.1, 0.15) is 11.1 Å². The molecule has 2 fully saturated rings. The zero-order valence-electron chi connectivity index (χ0n) is 43.2. The first-order valence-corrected chi connectivity index (χ1v) is 25.9. The van der Waals surface area contributed by atoms with Crippen molar-refractivity contribution in [2.75, 3.05) is 130 Å². The van der Waals surface area contributed by atoms with Crippen LogP contribution in [0.4, 0.5) is 11.4 Å². The van der Waals surface area contributed by atoms with Crippen LogP contribution in [0.15, 0.2) is 97.1 Å². The van der Waals surface area contributed by atoms with Gasteiger partial charge in [0, 0.05) is 97.4 Å². The van der Waals surface area contributed by atoms with Gasteiger partial charge in [-0.1, -0.05) is 59.6 Å². The molecule has 0 unspecified atom stereocenters. The zero-order valence-corrected chi connectivity index (χ0v) is 44.7. The van der Waals surface area contributed by atoms with Crippen LogP contribution in [-0.4, -0.2) is 173 Å². The number of fused-ring (bicyclic) bond motifs is 2. The number of carbonyl (C=O) groups is 4. The van der Waals surface area contributed by atoms with Crippen molar-refractivity contribution >= 4 is 80.1 Å². The second-order valence-corrected chi connectivity index (χ2v) is 19.2. The fraction of sp³-hybridized carbons (Fsp3) is 0.393. The maximum absolute atomic E-state index is 13.2. The lowest BCUT2D eigenvalue weighted by Gasteiger charge is -2.37. The fourth-order valence-corrected chi connectivity index (χ4v) is 9.15. The summed E-state index contributed by atoms with van der Waals surface area (Å²) in [5, 5.41) is 2.89. The number of carbonyl (C=O) groups excluding carboxylic acids is 4. The van der Waals surface area contributed by atoms with E-state index >= 15 is 0 Å². The number of ether oxygens (including phenoxy) is 4. The lowest BCUT2D eigenvalue weighted by molar-refractivity contribution is 0.0511. The van der Waals surface area contributed by atoms with Crippen molar-refractivity contribution < 1.29 is 38.1 Å². The minimum Gasteiger partial charge on any atom is -0.477 e. The third-order valence-electron chi connectivity index (χ3n) is 12.5. The number of aromatic nitrogens is 2. The number of esters is 2. The van der Waals surface area contributed by atoms with E-state index in [0.29, 0.717) is 97.9 Å². The summed E-state index contributed by atoms with van der Waals surface area (Å²) in [7, 11) is 8.03. The van der Waals surface area contributed by atoms with Gasteiger partial charge in [-0.15, -0.1) is 0 Å². The number of rotatable bonds is 18. The van der Waals surface area contributed by atoms with Crippen molar-refractivity contribution in [2.45, 2.75) is 26.7 Å². The average molecular weight is 1050 g/mol. The van der Waals surface area contributed by atoms with Crippen LogP contribution >= 0.6 is 23.2 Å². The Balaban J connectivity index is 0.000000216. The van der Waals surface area contributed by atoms with Crippen LogP contribution < -0.4 is 19.3 Å². The molecule has 2 aliphatic heterocycles. The van der Waals surface area contributed by atoms with Gasteiger partial charge in [-0.05, 0) is 116 Å². The molecule has 8 rings (SSSR count). The number of nitrogens with zero attached hydrogens (tertiary/aromatic N) is 8. The molecule has 392 valence electrons. The molecule has 18 heteroatoms. The van der Waals surface area contributed by atoms with Crippen molar-refractivity contribution in [1.29, 1.82) is 0 Å². The summed E-state index contributed by atoms with van der Waals surface area (Å²) in [5.41, 5.74) is 4.85. The van der Waals surface area contributed by atoms with Crippen molar-refractivity contribution in [1.82, 2.24) is 29.6 Å². The molecule has 0 bridgehead atoms. The molecule has 16 nitrogen and oxygen atoms in total. The largest absolute Gasteiger partial charge is 0.477 e. The Bertz CT molecular complexity index is 2680. The second kappa shape index (κ2) is 26.5. The Morgan fingerprint density at radius 1 is 0.514 bits per heavy atom. The topological polar surface area (TPSA) is 150 Å². The maximum atomic E-state index is 13.2. The molecule has 0 aliphatic carbocycles. The van der Waals surface area contributed by atoms with Crippen molar-refractivity contribution in [2.24, 2.45) is 0 Å². The SMILES string of the molecule is CCOC(=O)c1c(OCCCN(C)C)nc2ccccc2c1N1CCN(C(=O)c2ccc(Cl)cc2)CC1.CCOC(=O)c1c(OCCCN(C)C)nc2ccccc2c1N1CCN(C(=O)c2ccc(Cl)cc2)CC1. The number of pyridine rings is 2. The normalized spacial score (nSPS) is 13.8. The molecule has 74 heavy (non-hydrogen) atoms. The summed E-state index contributed by atoms with van der Waals surface area (Å²) in [6, 6.07) is 29.3. The summed E-state index contributed by atoms with van der Waals surface area (Å²) in [5.74, 6) is -0.426. The number of piperazine rings is 2. The first-order chi connectivity index (χ1) is 35.8. The first-order valence-electron chi connectivity index (χ1n) is 25.1. The number of hydrogen-bond donors (Lipinski definition) is 0. The summed E-state index contributed by atoms with van der Waals surface area (Å²) >= 11 is 12.0. The van der Waals surface area contributed by atoms with E-state index in [1.165, 1.54) is 0 Å². The van der Waals surface area contributed by atoms with Crippen LogP contribution in [0.2, 0.25) is 10.0 Å².